The van der Waals surface area contributed by atoms with Gasteiger partial charge in [-0.05, 0) is 100 Å². The van der Waals surface area contributed by atoms with Crippen LogP contribution in [-0.4, -0.2) is 46.1 Å². The van der Waals surface area contributed by atoms with Crippen LogP contribution in [0.3, 0.4) is 0 Å². The maximum atomic E-state index is 13.7. The van der Waals surface area contributed by atoms with Crippen molar-refractivity contribution < 1.29 is 18.7 Å². The Morgan fingerprint density at radius 1 is 0.907 bits per heavy atom. The Morgan fingerprint density at radius 2 is 1.53 bits per heavy atom. The normalized spacial score (nSPS) is 11.2. The topological polar surface area (TPSA) is 84.0 Å². The number of hydrazine groups is 1. The summed E-state index contributed by atoms with van der Waals surface area (Å²) in [6.07, 6.45) is 2.80. The van der Waals surface area contributed by atoms with E-state index in [9.17, 15) is 9.18 Å². The van der Waals surface area contributed by atoms with Crippen LogP contribution in [0.5, 0.6) is 0 Å². The van der Waals surface area contributed by atoms with Gasteiger partial charge in [-0.25, -0.2) is 9.82 Å². The highest BCUT2D eigenvalue weighted by Crippen LogP contribution is 2.30. The van der Waals surface area contributed by atoms with Crippen molar-refractivity contribution in [3.8, 4) is 0 Å². The Morgan fingerprint density at radius 3 is 2.12 bits per heavy atom. The molecule has 0 unspecified atom stereocenters. The SMILES string of the molecule is C=Nc1cc(Cl)ccc1NC(=O)/C(CCc1ccc(F)cc1)=C(\NNC)c1ccc(CCCOCC)cc1.CCOCC. The van der Waals surface area contributed by atoms with Gasteiger partial charge in [0.25, 0.3) is 5.91 Å². The third-order valence-electron chi connectivity index (χ3n) is 6.39. The summed E-state index contributed by atoms with van der Waals surface area (Å²) in [7, 11) is 1.75. The fourth-order valence-electron chi connectivity index (χ4n) is 4.22. The third kappa shape index (κ3) is 12.7. The summed E-state index contributed by atoms with van der Waals surface area (Å²) in [4.78, 5) is 17.7. The molecule has 0 atom stereocenters. The first kappa shape index (κ1) is 35.6. The van der Waals surface area contributed by atoms with Crippen LogP contribution < -0.4 is 16.2 Å². The fourth-order valence-corrected chi connectivity index (χ4v) is 4.39. The Kier molecular flexibility index (Phi) is 16.9. The highest BCUT2D eigenvalue weighted by Gasteiger charge is 2.19. The number of amides is 1. The molecule has 1 amide bonds. The predicted molar refractivity (Wildman–Crippen MR) is 177 cm³/mol. The molecule has 3 aromatic carbocycles. The summed E-state index contributed by atoms with van der Waals surface area (Å²) < 4.78 is 23.7. The van der Waals surface area contributed by atoms with E-state index in [1.165, 1.54) is 17.7 Å². The van der Waals surface area contributed by atoms with Crippen molar-refractivity contribution in [1.29, 1.82) is 0 Å². The second kappa shape index (κ2) is 20.4. The molecule has 3 N–H and O–H groups in total. The van der Waals surface area contributed by atoms with Gasteiger partial charge >= 0.3 is 0 Å². The lowest BCUT2D eigenvalue weighted by Crippen LogP contribution is -2.30. The molecule has 0 aliphatic carbocycles. The number of carbonyl (C=O) groups is 1. The van der Waals surface area contributed by atoms with Gasteiger partial charge in [0.05, 0.1) is 17.1 Å². The average Bonchev–Trinajstić information content (AvgIpc) is 3.01. The molecule has 0 spiro atoms. The van der Waals surface area contributed by atoms with Gasteiger partial charge in [0.15, 0.2) is 0 Å². The van der Waals surface area contributed by atoms with Gasteiger partial charge in [-0.3, -0.25) is 9.79 Å². The van der Waals surface area contributed by atoms with E-state index in [2.05, 4.69) is 40.0 Å². The Balaban J connectivity index is 0.00000119. The first-order valence-corrected chi connectivity index (χ1v) is 15.0. The Labute approximate surface area is 260 Å². The lowest BCUT2D eigenvalue weighted by molar-refractivity contribution is -0.113. The van der Waals surface area contributed by atoms with Crippen LogP contribution in [0, 0.1) is 5.82 Å². The van der Waals surface area contributed by atoms with Crippen molar-refractivity contribution in [2.24, 2.45) is 4.99 Å². The van der Waals surface area contributed by atoms with Crippen molar-refractivity contribution in [3.63, 3.8) is 0 Å². The monoisotopic (exact) mass is 610 g/mol. The number of nitrogens with zero attached hydrogens (tertiary/aromatic N) is 1. The number of aryl methyl sites for hydroxylation is 2. The van der Waals surface area contributed by atoms with Crippen molar-refractivity contribution in [2.75, 3.05) is 38.8 Å². The van der Waals surface area contributed by atoms with Gasteiger partial charge in [-0.1, -0.05) is 48.0 Å². The lowest BCUT2D eigenvalue weighted by Gasteiger charge is -2.18. The largest absolute Gasteiger partial charge is 0.382 e. The maximum Gasteiger partial charge on any atom is 0.253 e. The molecule has 0 aromatic heterocycles. The molecule has 0 heterocycles. The molecule has 0 bridgehead atoms. The zero-order valence-electron chi connectivity index (χ0n) is 25.6. The minimum atomic E-state index is -0.298. The molecule has 0 aliphatic heterocycles. The number of hydrogen-bond donors (Lipinski definition) is 3. The molecular formula is C34H44ClFN4O3. The predicted octanol–water partition coefficient (Wildman–Crippen LogP) is 7.53. The van der Waals surface area contributed by atoms with Crippen LogP contribution in [0.25, 0.3) is 5.70 Å². The maximum absolute atomic E-state index is 13.7. The van der Waals surface area contributed by atoms with Crippen LogP contribution in [-0.2, 0) is 27.1 Å². The number of rotatable bonds is 16. The van der Waals surface area contributed by atoms with Gasteiger partial charge in [0.1, 0.15) is 5.82 Å². The zero-order chi connectivity index (χ0) is 31.5. The second-order valence-corrected chi connectivity index (χ2v) is 9.84. The summed E-state index contributed by atoms with van der Waals surface area (Å²) in [6.45, 7) is 12.7. The van der Waals surface area contributed by atoms with E-state index in [0.29, 0.717) is 47.1 Å². The van der Waals surface area contributed by atoms with Crippen molar-refractivity contribution >= 4 is 41.3 Å². The van der Waals surface area contributed by atoms with Gasteiger partial charge in [0.2, 0.25) is 0 Å². The fraction of sp³-hybridized carbons (Fsp3) is 0.353. The number of hydrogen-bond acceptors (Lipinski definition) is 6. The molecule has 3 rings (SSSR count). The highest BCUT2D eigenvalue weighted by molar-refractivity contribution is 6.31. The van der Waals surface area contributed by atoms with E-state index in [0.717, 1.165) is 43.8 Å². The first-order valence-electron chi connectivity index (χ1n) is 14.6. The first-order chi connectivity index (χ1) is 20.9. The molecular weight excluding hydrogens is 567 g/mol. The van der Waals surface area contributed by atoms with Crippen molar-refractivity contribution in [2.45, 2.75) is 46.5 Å². The van der Waals surface area contributed by atoms with Crippen LogP contribution in [0.4, 0.5) is 15.8 Å². The molecule has 7 nitrogen and oxygen atoms in total. The molecule has 0 fully saturated rings. The molecule has 0 saturated carbocycles. The molecule has 0 radical (unpaired) electrons. The number of benzene rings is 3. The summed E-state index contributed by atoms with van der Waals surface area (Å²) >= 11 is 6.09. The Hall–Kier alpha value is -3.56. The average molecular weight is 611 g/mol. The molecule has 43 heavy (non-hydrogen) atoms. The zero-order valence-corrected chi connectivity index (χ0v) is 26.4. The van der Waals surface area contributed by atoms with Crippen molar-refractivity contribution in [1.82, 2.24) is 10.9 Å². The highest BCUT2D eigenvalue weighted by atomic mass is 35.5. The van der Waals surface area contributed by atoms with Crippen molar-refractivity contribution in [3.05, 3.63) is 99.8 Å². The van der Waals surface area contributed by atoms with E-state index in [-0.39, 0.29) is 11.7 Å². The molecule has 0 saturated heterocycles. The quantitative estimate of drug-likeness (QED) is 0.0676. The summed E-state index contributed by atoms with van der Waals surface area (Å²) in [5.41, 5.74) is 11.2. The number of halogens is 2. The van der Waals surface area contributed by atoms with Crippen LogP contribution >= 0.6 is 11.6 Å². The second-order valence-electron chi connectivity index (χ2n) is 9.41. The molecule has 3 aromatic rings. The standard InChI is InChI=1S/C30H34ClFN4O2.C4H10O/c1-4-38-19-5-6-21-7-12-23(13-8-21)29(36-34-3)26(17-11-22-9-15-25(32)16-10-22)30(37)35-27-18-14-24(31)20-28(27)33-2;1-3-5-4-2/h7-10,12-16,18,20,34,36H,2,4-6,11,17,19H2,1,3H3,(H,35,37);3-4H2,1-2H3/b29-26-;. The van der Waals surface area contributed by atoms with E-state index >= 15 is 0 Å². The number of anilines is 1. The van der Waals surface area contributed by atoms with E-state index in [4.69, 9.17) is 21.1 Å². The molecule has 9 heteroatoms. The third-order valence-corrected chi connectivity index (χ3v) is 6.63. The van der Waals surface area contributed by atoms with Gasteiger partial charge in [0, 0.05) is 44.1 Å². The number of carbonyl (C=O) groups excluding carboxylic acids is 1. The Bertz CT molecular complexity index is 1300. The van der Waals surface area contributed by atoms with E-state index in [1.807, 2.05) is 32.9 Å². The molecule has 232 valence electrons. The van der Waals surface area contributed by atoms with E-state index in [1.54, 1.807) is 37.4 Å². The summed E-state index contributed by atoms with van der Waals surface area (Å²) in [6, 6.07) is 19.5. The van der Waals surface area contributed by atoms with E-state index < -0.39 is 0 Å². The minimum Gasteiger partial charge on any atom is -0.382 e. The van der Waals surface area contributed by atoms with Crippen LogP contribution in [0.2, 0.25) is 5.02 Å². The summed E-state index contributed by atoms with van der Waals surface area (Å²) in [5.74, 6) is -0.591. The summed E-state index contributed by atoms with van der Waals surface area (Å²) in [5, 5.41) is 3.46. The van der Waals surface area contributed by atoms with Gasteiger partial charge in [-0.15, -0.1) is 0 Å². The smallest absolute Gasteiger partial charge is 0.253 e. The van der Waals surface area contributed by atoms with Gasteiger partial charge < -0.3 is 20.2 Å². The van der Waals surface area contributed by atoms with Gasteiger partial charge in [-0.2, -0.15) is 0 Å². The van der Waals surface area contributed by atoms with Crippen LogP contribution in [0.1, 0.15) is 50.3 Å². The minimum absolute atomic E-state index is 0.294. The number of ether oxygens (including phenoxy) is 2. The number of aliphatic imine (C=N–C) groups is 1. The molecule has 0 aliphatic rings. The van der Waals surface area contributed by atoms with Crippen LogP contribution in [0.15, 0.2) is 77.3 Å². The lowest BCUT2D eigenvalue weighted by atomic mass is 9.97. The number of nitrogens with one attached hydrogen (secondary N) is 3.